The summed E-state index contributed by atoms with van der Waals surface area (Å²) in [5.41, 5.74) is 3.83. The average molecular weight is 438 g/mol. The van der Waals surface area contributed by atoms with Crippen LogP contribution in [0.15, 0.2) is 47.7 Å². The molecular formula is C24H27N3O3S. The first-order valence-corrected chi connectivity index (χ1v) is 11.8. The van der Waals surface area contributed by atoms with E-state index < -0.39 is 0 Å². The van der Waals surface area contributed by atoms with Gasteiger partial charge in [0.25, 0.3) is 5.91 Å². The van der Waals surface area contributed by atoms with E-state index in [1.54, 1.807) is 17.4 Å². The monoisotopic (exact) mass is 437 g/mol. The van der Waals surface area contributed by atoms with Crippen LogP contribution in [-0.4, -0.2) is 36.6 Å². The molecule has 0 radical (unpaired) electrons. The maximum absolute atomic E-state index is 12.8. The third-order valence-corrected chi connectivity index (χ3v) is 7.23. The number of nitrogens with one attached hydrogen (secondary N) is 2. The zero-order valence-corrected chi connectivity index (χ0v) is 18.2. The molecule has 3 heterocycles. The number of anilines is 1. The molecule has 0 bridgehead atoms. The lowest BCUT2D eigenvalue weighted by Crippen LogP contribution is -2.38. The molecule has 2 amide bonds. The van der Waals surface area contributed by atoms with E-state index >= 15 is 0 Å². The van der Waals surface area contributed by atoms with Gasteiger partial charge in [0.15, 0.2) is 0 Å². The van der Waals surface area contributed by atoms with Gasteiger partial charge in [-0.25, -0.2) is 4.79 Å². The second kappa shape index (κ2) is 8.38. The van der Waals surface area contributed by atoms with Gasteiger partial charge in [0.05, 0.1) is 12.1 Å². The van der Waals surface area contributed by atoms with Gasteiger partial charge in [-0.3, -0.25) is 4.79 Å². The lowest BCUT2D eigenvalue weighted by Gasteiger charge is -2.39. The summed E-state index contributed by atoms with van der Waals surface area (Å²) in [7, 11) is 0. The predicted molar refractivity (Wildman–Crippen MR) is 121 cm³/mol. The van der Waals surface area contributed by atoms with E-state index in [2.05, 4.69) is 34.0 Å². The maximum atomic E-state index is 12.8. The number of thiophene rings is 1. The first-order chi connectivity index (χ1) is 15.2. The quantitative estimate of drug-likeness (QED) is 0.641. The molecule has 2 fully saturated rings. The van der Waals surface area contributed by atoms with Crippen LogP contribution in [0.2, 0.25) is 0 Å². The second-order valence-corrected chi connectivity index (χ2v) is 9.37. The summed E-state index contributed by atoms with van der Waals surface area (Å²) < 4.78 is 5.39. The molecule has 2 aromatic rings. The van der Waals surface area contributed by atoms with Gasteiger partial charge >= 0.3 is 6.09 Å². The molecule has 5 rings (SSSR count). The predicted octanol–water partition coefficient (Wildman–Crippen LogP) is 4.74. The number of rotatable bonds is 6. The summed E-state index contributed by atoms with van der Waals surface area (Å²) in [6.07, 6.45) is 4.53. The summed E-state index contributed by atoms with van der Waals surface area (Å²) in [5, 5.41) is 11.0. The van der Waals surface area contributed by atoms with Gasteiger partial charge in [-0.15, -0.1) is 0 Å². The fraction of sp³-hybridized carbons (Fsp3) is 0.417. The van der Waals surface area contributed by atoms with Crippen molar-refractivity contribution < 1.29 is 14.3 Å². The third kappa shape index (κ3) is 3.94. The molecule has 1 aliphatic carbocycles. The van der Waals surface area contributed by atoms with Gasteiger partial charge in [0, 0.05) is 30.3 Å². The van der Waals surface area contributed by atoms with Crippen LogP contribution in [0, 0.1) is 11.8 Å². The Morgan fingerprint density at radius 3 is 2.90 bits per heavy atom. The molecule has 162 valence electrons. The zero-order valence-electron chi connectivity index (χ0n) is 17.4. The Labute approximate surface area is 186 Å². The highest BCUT2D eigenvalue weighted by atomic mass is 32.1. The van der Waals surface area contributed by atoms with E-state index in [9.17, 15) is 9.59 Å². The molecule has 7 heteroatoms. The van der Waals surface area contributed by atoms with Gasteiger partial charge in [0.1, 0.15) is 6.61 Å². The van der Waals surface area contributed by atoms with Crippen LogP contribution in [0.25, 0.3) is 0 Å². The molecule has 1 unspecified atom stereocenters. The fourth-order valence-electron chi connectivity index (χ4n) is 4.78. The topological polar surface area (TPSA) is 70.7 Å². The van der Waals surface area contributed by atoms with Crippen molar-refractivity contribution in [3.63, 3.8) is 0 Å². The summed E-state index contributed by atoms with van der Waals surface area (Å²) in [6.45, 7) is 5.20. The standard InChI is InChI=1S/C24H27N3O3S/c1-2-10-30-24(29)27-9-7-18-21(17-8-11-31-14-17)26-20-6-5-16(12-19(20)22(18)27)23(28)25-13-15-3-4-15/h2,5-6,8,11-12,14-15,18,21-22,26H,1,3-4,7,9-10,13H2,(H,25,28)/t18-,21?,22-/m0/s1. The molecule has 3 aliphatic rings. The fourth-order valence-corrected chi connectivity index (χ4v) is 5.48. The van der Waals surface area contributed by atoms with Gasteiger partial charge in [-0.2, -0.15) is 11.3 Å². The molecule has 1 saturated carbocycles. The number of amides is 2. The van der Waals surface area contributed by atoms with Crippen molar-refractivity contribution in [2.75, 3.05) is 25.0 Å². The largest absolute Gasteiger partial charge is 0.445 e. The van der Waals surface area contributed by atoms with Crippen molar-refractivity contribution in [2.45, 2.75) is 31.3 Å². The van der Waals surface area contributed by atoms with Gasteiger partial charge in [-0.05, 0) is 71.3 Å². The van der Waals surface area contributed by atoms with Crippen LogP contribution < -0.4 is 10.6 Å². The molecule has 1 saturated heterocycles. The molecule has 1 aromatic carbocycles. The van der Waals surface area contributed by atoms with Crippen molar-refractivity contribution in [3.05, 3.63) is 64.4 Å². The van der Waals surface area contributed by atoms with Crippen molar-refractivity contribution in [1.29, 1.82) is 0 Å². The molecule has 31 heavy (non-hydrogen) atoms. The summed E-state index contributed by atoms with van der Waals surface area (Å²) in [6, 6.07) is 7.93. The Hall–Kier alpha value is -2.80. The summed E-state index contributed by atoms with van der Waals surface area (Å²) >= 11 is 1.68. The Bertz CT molecular complexity index is 986. The number of nitrogens with zero attached hydrogens (tertiary/aromatic N) is 1. The summed E-state index contributed by atoms with van der Waals surface area (Å²) in [5.74, 6) is 0.789. The maximum Gasteiger partial charge on any atom is 0.410 e. The number of ether oxygens (including phenoxy) is 1. The average Bonchev–Trinajstić information content (AvgIpc) is 3.26. The second-order valence-electron chi connectivity index (χ2n) is 8.59. The van der Waals surface area contributed by atoms with E-state index in [4.69, 9.17) is 4.74 Å². The minimum Gasteiger partial charge on any atom is -0.445 e. The number of carbonyl (C=O) groups is 2. The Balaban J connectivity index is 1.47. The molecule has 2 N–H and O–H groups in total. The molecule has 3 atom stereocenters. The van der Waals surface area contributed by atoms with Crippen LogP contribution in [0.3, 0.4) is 0 Å². The van der Waals surface area contributed by atoms with Crippen LogP contribution in [0.1, 0.15) is 52.8 Å². The van der Waals surface area contributed by atoms with Crippen molar-refractivity contribution in [3.8, 4) is 0 Å². The van der Waals surface area contributed by atoms with Crippen molar-refractivity contribution in [2.24, 2.45) is 11.8 Å². The number of fused-ring (bicyclic) bond motifs is 3. The summed E-state index contributed by atoms with van der Waals surface area (Å²) in [4.78, 5) is 27.4. The van der Waals surface area contributed by atoms with Gasteiger partial charge in [-0.1, -0.05) is 12.7 Å². The van der Waals surface area contributed by atoms with Crippen LogP contribution in [0.5, 0.6) is 0 Å². The minimum absolute atomic E-state index is 0.0509. The highest BCUT2D eigenvalue weighted by Gasteiger charge is 2.47. The SMILES string of the molecule is C=CCOC(=O)N1CC[C@H]2C(c3ccsc3)Nc3ccc(C(=O)NCC4CC4)cc3[C@H]21. The van der Waals surface area contributed by atoms with Crippen LogP contribution >= 0.6 is 11.3 Å². The lowest BCUT2D eigenvalue weighted by molar-refractivity contribution is 0.0951. The molecule has 6 nitrogen and oxygen atoms in total. The van der Waals surface area contributed by atoms with Gasteiger partial charge < -0.3 is 20.3 Å². The number of hydrogen-bond donors (Lipinski definition) is 2. The Morgan fingerprint density at radius 1 is 1.29 bits per heavy atom. The minimum atomic E-state index is -0.326. The first-order valence-electron chi connectivity index (χ1n) is 10.9. The van der Waals surface area contributed by atoms with E-state index in [0.717, 1.165) is 24.2 Å². The third-order valence-electron chi connectivity index (χ3n) is 6.53. The molecule has 1 aromatic heterocycles. The van der Waals surface area contributed by atoms with Crippen LogP contribution in [-0.2, 0) is 4.74 Å². The zero-order chi connectivity index (χ0) is 21.4. The smallest absolute Gasteiger partial charge is 0.410 e. The number of benzene rings is 1. The molecule has 2 aliphatic heterocycles. The van der Waals surface area contributed by atoms with E-state index in [-0.39, 0.29) is 36.6 Å². The molecular weight excluding hydrogens is 410 g/mol. The van der Waals surface area contributed by atoms with Gasteiger partial charge in [0.2, 0.25) is 0 Å². The molecule has 0 spiro atoms. The highest BCUT2D eigenvalue weighted by molar-refractivity contribution is 7.08. The highest BCUT2D eigenvalue weighted by Crippen LogP contribution is 2.51. The number of carbonyl (C=O) groups excluding carboxylic acids is 2. The van der Waals surface area contributed by atoms with E-state index in [1.807, 2.05) is 23.1 Å². The van der Waals surface area contributed by atoms with E-state index in [1.165, 1.54) is 18.4 Å². The normalized spacial score (nSPS) is 24.0. The number of likely N-dealkylation sites (tertiary alicyclic amines) is 1. The van der Waals surface area contributed by atoms with E-state index in [0.29, 0.717) is 18.0 Å². The Morgan fingerprint density at radius 2 is 2.16 bits per heavy atom. The Kier molecular flexibility index (Phi) is 5.44. The first kappa shape index (κ1) is 20.1. The van der Waals surface area contributed by atoms with Crippen LogP contribution in [0.4, 0.5) is 10.5 Å². The number of hydrogen-bond acceptors (Lipinski definition) is 5. The van der Waals surface area contributed by atoms with Crippen molar-refractivity contribution in [1.82, 2.24) is 10.2 Å². The van der Waals surface area contributed by atoms with Crippen molar-refractivity contribution >= 4 is 29.0 Å². The lowest BCUT2D eigenvalue weighted by atomic mass is 9.80.